The van der Waals surface area contributed by atoms with Crippen LogP contribution in [0.4, 0.5) is 4.39 Å². The quantitative estimate of drug-likeness (QED) is 0.861. The predicted molar refractivity (Wildman–Crippen MR) is 87.5 cm³/mol. The molecular formula is C17H26FN3O3. The highest BCUT2D eigenvalue weighted by atomic mass is 19.1. The Labute approximate surface area is 141 Å². The minimum absolute atomic E-state index is 0.140. The fourth-order valence-corrected chi connectivity index (χ4v) is 3.17. The smallest absolute Gasteiger partial charge is 0.343 e. The van der Waals surface area contributed by atoms with E-state index in [1.807, 2.05) is 18.5 Å². The van der Waals surface area contributed by atoms with Gasteiger partial charge in [-0.25, -0.2) is 9.18 Å². The first-order valence-corrected chi connectivity index (χ1v) is 8.37. The molecule has 24 heavy (non-hydrogen) atoms. The Bertz CT molecular complexity index is 641. The molecule has 1 aliphatic rings. The van der Waals surface area contributed by atoms with Crippen molar-refractivity contribution in [3.05, 3.63) is 17.0 Å². The van der Waals surface area contributed by atoms with Crippen LogP contribution in [0, 0.1) is 19.8 Å². The van der Waals surface area contributed by atoms with Gasteiger partial charge in [-0.05, 0) is 31.7 Å². The number of amides is 1. The van der Waals surface area contributed by atoms with Gasteiger partial charge in [-0.2, -0.15) is 5.10 Å². The van der Waals surface area contributed by atoms with Crippen LogP contribution in [0.3, 0.4) is 0 Å². The van der Waals surface area contributed by atoms with Crippen molar-refractivity contribution in [2.75, 3.05) is 13.1 Å². The Morgan fingerprint density at radius 1 is 1.38 bits per heavy atom. The normalized spacial score (nSPS) is 20.8. The number of rotatable bonds is 6. The van der Waals surface area contributed by atoms with Crippen molar-refractivity contribution in [1.29, 1.82) is 0 Å². The second kappa shape index (κ2) is 6.91. The van der Waals surface area contributed by atoms with Gasteiger partial charge in [0.1, 0.15) is 0 Å². The Morgan fingerprint density at radius 2 is 2.04 bits per heavy atom. The molecule has 0 saturated carbocycles. The van der Waals surface area contributed by atoms with Crippen LogP contribution in [-0.2, 0) is 22.6 Å². The lowest BCUT2D eigenvalue weighted by Crippen LogP contribution is -2.39. The molecule has 0 spiro atoms. The van der Waals surface area contributed by atoms with Gasteiger partial charge in [-0.1, -0.05) is 13.8 Å². The number of hydrogen-bond acceptors (Lipinski definition) is 3. The molecule has 0 aromatic carbocycles. The third-order valence-electron chi connectivity index (χ3n) is 4.61. The van der Waals surface area contributed by atoms with E-state index in [0.29, 0.717) is 12.3 Å². The van der Waals surface area contributed by atoms with Gasteiger partial charge in [0.2, 0.25) is 11.6 Å². The average Bonchev–Trinajstić information content (AvgIpc) is 3.00. The van der Waals surface area contributed by atoms with E-state index < -0.39 is 11.6 Å². The number of carbonyl (C=O) groups is 2. The minimum Gasteiger partial charge on any atom is -0.479 e. The molecule has 1 aliphatic heterocycles. The molecule has 2 rings (SSSR count). The molecule has 6 nitrogen and oxygen atoms in total. The van der Waals surface area contributed by atoms with Gasteiger partial charge in [0.25, 0.3) is 0 Å². The molecule has 1 aromatic rings. The lowest BCUT2D eigenvalue weighted by atomic mass is 10.1. The standard InChI is InChI=1S/C17H26FN3O3/c1-11(2)9-21-13(4)14(12(3)19-21)5-6-15(22)20-8-7-17(18,10-20)16(23)24/h11H,5-10H2,1-4H3,(H,23,24). The number of aliphatic carboxylic acids is 1. The summed E-state index contributed by atoms with van der Waals surface area (Å²) in [7, 11) is 0. The molecule has 0 bridgehead atoms. The van der Waals surface area contributed by atoms with Gasteiger partial charge in [-0.15, -0.1) is 0 Å². The number of likely N-dealkylation sites (tertiary alicyclic amines) is 1. The van der Waals surface area contributed by atoms with Crippen molar-refractivity contribution >= 4 is 11.9 Å². The van der Waals surface area contributed by atoms with E-state index in [4.69, 9.17) is 5.11 Å². The van der Waals surface area contributed by atoms with Gasteiger partial charge in [0.15, 0.2) is 0 Å². The topological polar surface area (TPSA) is 75.4 Å². The Kier molecular flexibility index (Phi) is 5.30. The first-order valence-electron chi connectivity index (χ1n) is 8.37. The van der Waals surface area contributed by atoms with Crippen molar-refractivity contribution in [3.63, 3.8) is 0 Å². The Hall–Kier alpha value is -1.92. The van der Waals surface area contributed by atoms with Crippen molar-refractivity contribution in [1.82, 2.24) is 14.7 Å². The van der Waals surface area contributed by atoms with Crippen molar-refractivity contribution in [2.24, 2.45) is 5.92 Å². The maximum atomic E-state index is 14.1. The summed E-state index contributed by atoms with van der Waals surface area (Å²) in [6.07, 6.45) is 0.640. The third kappa shape index (κ3) is 3.76. The first-order chi connectivity index (χ1) is 11.1. The molecule has 1 saturated heterocycles. The zero-order chi connectivity index (χ0) is 18.1. The monoisotopic (exact) mass is 339 g/mol. The highest BCUT2D eigenvalue weighted by molar-refractivity contribution is 5.82. The summed E-state index contributed by atoms with van der Waals surface area (Å²) >= 11 is 0. The van der Waals surface area contributed by atoms with E-state index in [0.717, 1.165) is 23.5 Å². The fourth-order valence-electron chi connectivity index (χ4n) is 3.17. The molecule has 1 fully saturated rings. The molecule has 0 aliphatic carbocycles. The van der Waals surface area contributed by atoms with E-state index in [9.17, 15) is 14.0 Å². The van der Waals surface area contributed by atoms with Crippen LogP contribution >= 0.6 is 0 Å². The lowest BCUT2D eigenvalue weighted by Gasteiger charge is -2.17. The number of carbonyl (C=O) groups excluding carboxylic acids is 1. The van der Waals surface area contributed by atoms with Crippen molar-refractivity contribution in [3.8, 4) is 0 Å². The van der Waals surface area contributed by atoms with Crippen LogP contribution in [0.1, 0.15) is 43.6 Å². The second-order valence-electron chi connectivity index (χ2n) is 7.06. The van der Waals surface area contributed by atoms with E-state index in [1.54, 1.807) is 0 Å². The summed E-state index contributed by atoms with van der Waals surface area (Å²) in [5, 5.41) is 13.4. The number of nitrogens with zero attached hydrogens (tertiary/aromatic N) is 3. The lowest BCUT2D eigenvalue weighted by molar-refractivity contribution is -0.150. The fraction of sp³-hybridized carbons (Fsp3) is 0.706. The zero-order valence-electron chi connectivity index (χ0n) is 14.8. The van der Waals surface area contributed by atoms with E-state index in [1.165, 1.54) is 4.90 Å². The molecule has 1 amide bonds. The number of aromatic nitrogens is 2. The summed E-state index contributed by atoms with van der Waals surface area (Å²) in [4.78, 5) is 24.5. The highest BCUT2D eigenvalue weighted by Crippen LogP contribution is 2.27. The Morgan fingerprint density at radius 3 is 2.58 bits per heavy atom. The molecule has 0 radical (unpaired) electrons. The van der Waals surface area contributed by atoms with Crippen LogP contribution in [0.15, 0.2) is 0 Å². The number of carboxylic acid groups (broad SMARTS) is 1. The van der Waals surface area contributed by atoms with E-state index >= 15 is 0 Å². The average molecular weight is 339 g/mol. The van der Waals surface area contributed by atoms with Gasteiger partial charge >= 0.3 is 5.97 Å². The molecule has 134 valence electrons. The summed E-state index contributed by atoms with van der Waals surface area (Å²) in [6, 6.07) is 0. The summed E-state index contributed by atoms with van der Waals surface area (Å²) in [6.45, 7) is 8.80. The molecule has 1 aromatic heterocycles. The minimum atomic E-state index is -2.30. The van der Waals surface area contributed by atoms with Crippen LogP contribution in [-0.4, -0.2) is 50.4 Å². The maximum Gasteiger partial charge on any atom is 0.343 e. The summed E-state index contributed by atoms with van der Waals surface area (Å²) in [5.41, 5.74) is 0.713. The number of carboxylic acids is 1. The number of halogens is 1. The molecule has 2 heterocycles. The first kappa shape index (κ1) is 18.4. The van der Waals surface area contributed by atoms with Crippen LogP contribution in [0.25, 0.3) is 0 Å². The van der Waals surface area contributed by atoms with Crippen molar-refractivity contribution in [2.45, 2.75) is 59.2 Å². The van der Waals surface area contributed by atoms with Gasteiger partial charge in [0.05, 0.1) is 12.2 Å². The largest absolute Gasteiger partial charge is 0.479 e. The third-order valence-corrected chi connectivity index (χ3v) is 4.61. The molecular weight excluding hydrogens is 313 g/mol. The van der Waals surface area contributed by atoms with E-state index in [-0.39, 0.29) is 31.8 Å². The molecule has 7 heteroatoms. The summed E-state index contributed by atoms with van der Waals surface area (Å²) in [5.74, 6) is -1.21. The molecule has 1 N–H and O–H groups in total. The number of aryl methyl sites for hydroxylation is 1. The van der Waals surface area contributed by atoms with Crippen LogP contribution in [0.2, 0.25) is 0 Å². The van der Waals surface area contributed by atoms with Crippen molar-refractivity contribution < 1.29 is 19.1 Å². The zero-order valence-corrected chi connectivity index (χ0v) is 14.8. The van der Waals surface area contributed by atoms with Gasteiger partial charge in [0, 0.05) is 31.6 Å². The van der Waals surface area contributed by atoms with Crippen LogP contribution < -0.4 is 0 Å². The van der Waals surface area contributed by atoms with E-state index in [2.05, 4.69) is 18.9 Å². The van der Waals surface area contributed by atoms with Crippen LogP contribution in [0.5, 0.6) is 0 Å². The SMILES string of the molecule is Cc1nn(CC(C)C)c(C)c1CCC(=O)N1CCC(F)(C(=O)O)C1. The number of hydrogen-bond donors (Lipinski definition) is 1. The second-order valence-corrected chi connectivity index (χ2v) is 7.06. The Balaban J connectivity index is 1.98. The maximum absolute atomic E-state index is 14.1. The van der Waals surface area contributed by atoms with Gasteiger partial charge in [-0.3, -0.25) is 9.48 Å². The highest BCUT2D eigenvalue weighted by Gasteiger charge is 2.46. The number of alkyl halides is 1. The molecule has 1 unspecified atom stereocenters. The van der Waals surface area contributed by atoms with Gasteiger partial charge < -0.3 is 10.0 Å². The summed E-state index contributed by atoms with van der Waals surface area (Å²) < 4.78 is 16.0. The predicted octanol–water partition coefficient (Wildman–Crippen LogP) is 2.11. The molecule has 1 atom stereocenters.